The van der Waals surface area contributed by atoms with Gasteiger partial charge in [0.1, 0.15) is 0 Å². The van der Waals surface area contributed by atoms with Crippen molar-refractivity contribution in [3.63, 3.8) is 0 Å². The molecule has 0 aliphatic carbocycles. The first kappa shape index (κ1) is 18.3. The van der Waals surface area contributed by atoms with Crippen molar-refractivity contribution in [3.05, 3.63) is 39.4 Å². The van der Waals surface area contributed by atoms with Crippen LogP contribution in [0, 0.1) is 23.0 Å². The van der Waals surface area contributed by atoms with Crippen molar-refractivity contribution in [2.45, 2.75) is 45.2 Å². The van der Waals surface area contributed by atoms with Crippen LogP contribution < -0.4 is 5.32 Å². The van der Waals surface area contributed by atoms with Crippen molar-refractivity contribution in [3.8, 4) is 0 Å². The zero-order valence-electron chi connectivity index (χ0n) is 15.2. The third kappa shape index (κ3) is 4.77. The van der Waals surface area contributed by atoms with Gasteiger partial charge in [0.15, 0.2) is 0 Å². The second-order valence-electron chi connectivity index (χ2n) is 7.50. The highest BCUT2D eigenvalue weighted by Crippen LogP contribution is 2.25. The van der Waals surface area contributed by atoms with E-state index in [1.807, 2.05) is 12.1 Å². The van der Waals surface area contributed by atoms with Crippen molar-refractivity contribution in [1.82, 2.24) is 10.2 Å². The zero-order chi connectivity index (χ0) is 17.8. The third-order valence-electron chi connectivity index (χ3n) is 5.54. The quantitative estimate of drug-likeness (QED) is 0.633. The fourth-order valence-corrected chi connectivity index (χ4v) is 3.92. The molecule has 0 radical (unpaired) electrons. The molecule has 0 saturated carbocycles. The Morgan fingerprint density at radius 3 is 2.76 bits per heavy atom. The molecule has 3 rings (SSSR count). The van der Waals surface area contributed by atoms with Gasteiger partial charge in [0, 0.05) is 36.9 Å². The van der Waals surface area contributed by atoms with Gasteiger partial charge in [0.25, 0.3) is 5.69 Å². The Morgan fingerprint density at radius 2 is 2.12 bits per heavy atom. The molecule has 2 atom stereocenters. The van der Waals surface area contributed by atoms with Crippen LogP contribution in [0.15, 0.2) is 18.2 Å². The number of hydrogen-bond acceptors (Lipinski definition) is 5. The van der Waals surface area contributed by atoms with Crippen LogP contribution in [-0.2, 0) is 4.74 Å². The molecule has 2 fully saturated rings. The molecule has 138 valence electrons. The largest absolute Gasteiger partial charge is 0.381 e. The van der Waals surface area contributed by atoms with Crippen LogP contribution >= 0.6 is 0 Å². The van der Waals surface area contributed by atoms with Crippen LogP contribution in [-0.4, -0.2) is 48.7 Å². The fourth-order valence-electron chi connectivity index (χ4n) is 3.92. The minimum atomic E-state index is -0.295. The summed E-state index contributed by atoms with van der Waals surface area (Å²) >= 11 is 0. The number of nitrogens with one attached hydrogen (secondary N) is 1. The number of nitro groups is 1. The summed E-state index contributed by atoms with van der Waals surface area (Å²) in [5.41, 5.74) is 1.91. The summed E-state index contributed by atoms with van der Waals surface area (Å²) in [5.74, 6) is 0.705. The lowest BCUT2D eigenvalue weighted by molar-refractivity contribution is -0.385. The summed E-state index contributed by atoms with van der Waals surface area (Å²) in [5, 5.41) is 14.8. The molecule has 1 aromatic rings. The van der Waals surface area contributed by atoms with Crippen LogP contribution in [0.1, 0.15) is 43.4 Å². The second kappa shape index (κ2) is 8.25. The van der Waals surface area contributed by atoms with Gasteiger partial charge in [-0.05, 0) is 57.7 Å². The van der Waals surface area contributed by atoms with Gasteiger partial charge in [-0.3, -0.25) is 10.1 Å². The number of aryl methyl sites for hydroxylation is 1. The van der Waals surface area contributed by atoms with Crippen LogP contribution in [0.25, 0.3) is 0 Å². The molecule has 25 heavy (non-hydrogen) atoms. The van der Waals surface area contributed by atoms with E-state index in [9.17, 15) is 10.1 Å². The van der Waals surface area contributed by atoms with Crippen LogP contribution in [0.2, 0.25) is 0 Å². The number of nitro benzene ring substituents is 1. The van der Waals surface area contributed by atoms with Crippen LogP contribution in [0.5, 0.6) is 0 Å². The first-order chi connectivity index (χ1) is 12.0. The highest BCUT2D eigenvalue weighted by Gasteiger charge is 2.25. The predicted octanol–water partition coefficient (Wildman–Crippen LogP) is 3.05. The maximum Gasteiger partial charge on any atom is 0.272 e. The van der Waals surface area contributed by atoms with E-state index >= 15 is 0 Å². The minimum absolute atomic E-state index is 0.124. The van der Waals surface area contributed by atoms with Crippen molar-refractivity contribution in [2.75, 3.05) is 32.8 Å². The van der Waals surface area contributed by atoms with Gasteiger partial charge < -0.3 is 15.0 Å². The number of ether oxygens (including phenoxy) is 1. The van der Waals surface area contributed by atoms with Crippen molar-refractivity contribution < 1.29 is 9.66 Å². The molecular formula is C19H29N3O3. The third-order valence-corrected chi connectivity index (χ3v) is 5.54. The average Bonchev–Trinajstić information content (AvgIpc) is 3.09. The fraction of sp³-hybridized carbons (Fsp3) is 0.684. The molecule has 1 aromatic carbocycles. The average molecular weight is 347 g/mol. The first-order valence-electron chi connectivity index (χ1n) is 9.34. The topological polar surface area (TPSA) is 67.6 Å². The summed E-state index contributed by atoms with van der Waals surface area (Å²) in [6, 6.07) is 6.15. The van der Waals surface area contributed by atoms with Gasteiger partial charge in [-0.1, -0.05) is 12.1 Å². The van der Waals surface area contributed by atoms with Gasteiger partial charge >= 0.3 is 0 Å². The Balaban J connectivity index is 1.49. The minimum Gasteiger partial charge on any atom is -0.381 e. The van der Waals surface area contributed by atoms with Gasteiger partial charge in [-0.2, -0.15) is 0 Å². The van der Waals surface area contributed by atoms with E-state index in [-0.39, 0.29) is 16.7 Å². The smallest absolute Gasteiger partial charge is 0.272 e. The van der Waals surface area contributed by atoms with Gasteiger partial charge in [0.05, 0.1) is 11.5 Å². The number of hydrogen-bond donors (Lipinski definition) is 1. The van der Waals surface area contributed by atoms with E-state index in [1.165, 1.54) is 6.42 Å². The molecule has 6 heteroatoms. The van der Waals surface area contributed by atoms with E-state index in [2.05, 4.69) is 17.1 Å². The normalized spacial score (nSPS) is 23.7. The van der Waals surface area contributed by atoms with E-state index in [1.54, 1.807) is 13.0 Å². The lowest BCUT2D eigenvalue weighted by atomic mass is 9.99. The maximum atomic E-state index is 11.1. The van der Waals surface area contributed by atoms with Gasteiger partial charge in [-0.15, -0.1) is 0 Å². The molecule has 0 bridgehead atoms. The van der Waals surface area contributed by atoms with Crippen molar-refractivity contribution >= 4 is 5.69 Å². The number of rotatable bonds is 6. The Kier molecular flexibility index (Phi) is 6.04. The lowest BCUT2D eigenvalue weighted by Crippen LogP contribution is -2.44. The van der Waals surface area contributed by atoms with Gasteiger partial charge in [-0.25, -0.2) is 0 Å². The summed E-state index contributed by atoms with van der Waals surface area (Å²) in [7, 11) is 0. The molecule has 0 aromatic heterocycles. The second-order valence-corrected chi connectivity index (χ2v) is 7.50. The standard InChI is InChI=1S/C19H29N3O3/c1-14-3-4-17(11-19(14)22(23)24)15(2)20-18-5-8-21(9-6-18)12-16-7-10-25-13-16/h3-4,11,15-16,18,20H,5-10,12-13H2,1-2H3. The molecule has 2 aliphatic rings. The SMILES string of the molecule is Cc1ccc(C(C)NC2CCN(CC3CCOC3)CC2)cc1[N+](=O)[O-]. The molecule has 2 unspecified atom stereocenters. The number of likely N-dealkylation sites (tertiary alicyclic amines) is 1. The molecule has 2 saturated heterocycles. The Labute approximate surface area is 149 Å². The maximum absolute atomic E-state index is 11.1. The Morgan fingerprint density at radius 1 is 1.36 bits per heavy atom. The van der Waals surface area contributed by atoms with Crippen molar-refractivity contribution in [2.24, 2.45) is 5.92 Å². The van der Waals surface area contributed by atoms with Crippen molar-refractivity contribution in [1.29, 1.82) is 0 Å². The van der Waals surface area contributed by atoms with E-state index in [0.29, 0.717) is 17.5 Å². The molecule has 0 spiro atoms. The van der Waals surface area contributed by atoms with E-state index in [0.717, 1.165) is 51.3 Å². The molecule has 2 aliphatic heterocycles. The van der Waals surface area contributed by atoms with Crippen LogP contribution in [0.4, 0.5) is 5.69 Å². The lowest BCUT2D eigenvalue weighted by Gasteiger charge is -2.35. The Bertz CT molecular complexity index is 594. The molecular weight excluding hydrogens is 318 g/mol. The number of nitrogens with zero attached hydrogens (tertiary/aromatic N) is 2. The molecule has 1 N–H and O–H groups in total. The highest BCUT2D eigenvalue weighted by atomic mass is 16.6. The Hall–Kier alpha value is -1.50. The van der Waals surface area contributed by atoms with E-state index in [4.69, 9.17) is 4.74 Å². The van der Waals surface area contributed by atoms with E-state index < -0.39 is 0 Å². The molecule has 0 amide bonds. The van der Waals surface area contributed by atoms with Gasteiger partial charge in [0.2, 0.25) is 0 Å². The summed E-state index contributed by atoms with van der Waals surface area (Å²) in [4.78, 5) is 13.4. The molecule has 6 nitrogen and oxygen atoms in total. The van der Waals surface area contributed by atoms with Crippen LogP contribution in [0.3, 0.4) is 0 Å². The highest BCUT2D eigenvalue weighted by molar-refractivity contribution is 5.43. The molecule has 2 heterocycles. The monoisotopic (exact) mass is 347 g/mol. The predicted molar refractivity (Wildman–Crippen MR) is 97.8 cm³/mol. The number of piperidine rings is 1. The zero-order valence-corrected chi connectivity index (χ0v) is 15.2. The number of benzene rings is 1. The summed E-state index contributed by atoms with van der Waals surface area (Å²) in [6.45, 7) is 9.11. The summed E-state index contributed by atoms with van der Waals surface area (Å²) < 4.78 is 5.47. The summed E-state index contributed by atoms with van der Waals surface area (Å²) in [6.07, 6.45) is 3.46. The first-order valence-corrected chi connectivity index (χ1v) is 9.34.